The third-order valence-electron chi connectivity index (χ3n) is 3.14. The van der Waals surface area contributed by atoms with E-state index < -0.39 is 11.6 Å². The molecular formula is C13H17F2NO. The molecule has 1 aromatic carbocycles. The minimum Gasteiger partial charge on any atom is -0.490 e. The van der Waals surface area contributed by atoms with Gasteiger partial charge >= 0.3 is 0 Å². The predicted molar refractivity (Wildman–Crippen MR) is 62.1 cm³/mol. The summed E-state index contributed by atoms with van der Waals surface area (Å²) in [5.74, 6) is -0.327. The fourth-order valence-electron chi connectivity index (χ4n) is 2.09. The van der Waals surface area contributed by atoms with Gasteiger partial charge in [-0.15, -0.1) is 0 Å². The highest BCUT2D eigenvalue weighted by Crippen LogP contribution is 2.20. The third kappa shape index (κ3) is 3.66. The molecule has 1 fully saturated rings. The van der Waals surface area contributed by atoms with Crippen LogP contribution in [0.5, 0.6) is 5.75 Å². The first kappa shape index (κ1) is 12.3. The second-order valence-corrected chi connectivity index (χ2v) is 4.41. The molecule has 1 heterocycles. The smallest absolute Gasteiger partial charge is 0.165 e. The van der Waals surface area contributed by atoms with Gasteiger partial charge in [0.2, 0.25) is 0 Å². The molecular weight excluding hydrogens is 224 g/mol. The van der Waals surface area contributed by atoms with Gasteiger partial charge in [0.05, 0.1) is 6.61 Å². The number of rotatable bonds is 4. The Bertz CT molecular complexity index is 364. The molecule has 1 aliphatic rings. The normalized spacial score (nSPS) is 17.1. The van der Waals surface area contributed by atoms with Gasteiger partial charge in [0, 0.05) is 6.07 Å². The van der Waals surface area contributed by atoms with Crippen LogP contribution < -0.4 is 10.1 Å². The summed E-state index contributed by atoms with van der Waals surface area (Å²) in [4.78, 5) is 0. The SMILES string of the molecule is Fc1ccc(F)c(OCCC2CCNCC2)c1. The number of benzene rings is 1. The molecule has 0 bridgehead atoms. The van der Waals surface area contributed by atoms with Crippen LogP contribution >= 0.6 is 0 Å². The van der Waals surface area contributed by atoms with Crippen molar-refractivity contribution in [2.75, 3.05) is 19.7 Å². The molecule has 0 spiro atoms. The van der Waals surface area contributed by atoms with Gasteiger partial charge in [-0.05, 0) is 50.4 Å². The first-order valence-electron chi connectivity index (χ1n) is 6.04. The number of hydrogen-bond donors (Lipinski definition) is 1. The van der Waals surface area contributed by atoms with Gasteiger partial charge in [-0.25, -0.2) is 8.78 Å². The predicted octanol–water partition coefficient (Wildman–Crippen LogP) is 2.73. The largest absolute Gasteiger partial charge is 0.490 e. The van der Waals surface area contributed by atoms with Gasteiger partial charge in [-0.1, -0.05) is 0 Å². The third-order valence-corrected chi connectivity index (χ3v) is 3.14. The van der Waals surface area contributed by atoms with E-state index in [2.05, 4.69) is 5.32 Å². The summed E-state index contributed by atoms with van der Waals surface area (Å²) in [7, 11) is 0. The summed E-state index contributed by atoms with van der Waals surface area (Å²) < 4.78 is 31.4. The molecule has 4 heteroatoms. The molecule has 2 rings (SSSR count). The van der Waals surface area contributed by atoms with E-state index >= 15 is 0 Å². The molecule has 1 saturated heterocycles. The summed E-state index contributed by atoms with van der Waals surface area (Å²) in [6, 6.07) is 3.28. The minimum atomic E-state index is -0.503. The Morgan fingerprint density at radius 3 is 2.76 bits per heavy atom. The maximum atomic E-state index is 13.2. The zero-order chi connectivity index (χ0) is 12.1. The van der Waals surface area contributed by atoms with Crippen molar-refractivity contribution in [3.05, 3.63) is 29.8 Å². The molecule has 1 N–H and O–H groups in total. The lowest BCUT2D eigenvalue weighted by atomic mass is 9.95. The number of halogens is 2. The Labute approximate surface area is 100.0 Å². The number of nitrogens with one attached hydrogen (secondary N) is 1. The lowest BCUT2D eigenvalue weighted by Gasteiger charge is -2.22. The van der Waals surface area contributed by atoms with Crippen LogP contribution in [-0.4, -0.2) is 19.7 Å². The molecule has 17 heavy (non-hydrogen) atoms. The Balaban J connectivity index is 1.79. The van der Waals surface area contributed by atoms with Crippen molar-refractivity contribution >= 4 is 0 Å². The molecule has 0 saturated carbocycles. The van der Waals surface area contributed by atoms with E-state index in [1.54, 1.807) is 0 Å². The van der Waals surface area contributed by atoms with Crippen LogP contribution in [-0.2, 0) is 0 Å². The van der Waals surface area contributed by atoms with Gasteiger partial charge < -0.3 is 10.1 Å². The van der Waals surface area contributed by atoms with Crippen molar-refractivity contribution in [1.82, 2.24) is 5.32 Å². The van der Waals surface area contributed by atoms with Crippen molar-refractivity contribution in [3.8, 4) is 5.75 Å². The highest BCUT2D eigenvalue weighted by atomic mass is 19.1. The van der Waals surface area contributed by atoms with E-state index in [0.29, 0.717) is 12.5 Å². The maximum Gasteiger partial charge on any atom is 0.165 e. The number of ether oxygens (including phenoxy) is 1. The molecule has 0 amide bonds. The molecule has 2 nitrogen and oxygen atoms in total. The molecule has 0 radical (unpaired) electrons. The van der Waals surface area contributed by atoms with Crippen molar-refractivity contribution in [3.63, 3.8) is 0 Å². The summed E-state index contributed by atoms with van der Waals surface area (Å²) in [6.45, 7) is 2.53. The van der Waals surface area contributed by atoms with Crippen LogP contribution in [0, 0.1) is 17.6 Å². The zero-order valence-electron chi connectivity index (χ0n) is 9.72. The van der Waals surface area contributed by atoms with Crippen molar-refractivity contribution in [2.24, 2.45) is 5.92 Å². The van der Waals surface area contributed by atoms with E-state index in [-0.39, 0.29) is 5.75 Å². The fraction of sp³-hybridized carbons (Fsp3) is 0.538. The molecule has 94 valence electrons. The molecule has 0 atom stereocenters. The van der Waals surface area contributed by atoms with E-state index in [4.69, 9.17) is 4.74 Å². The summed E-state index contributed by atoms with van der Waals surface area (Å²) >= 11 is 0. The van der Waals surface area contributed by atoms with Gasteiger partial charge in [0.25, 0.3) is 0 Å². The molecule has 1 aromatic rings. The average Bonchev–Trinajstić information content (AvgIpc) is 2.35. The Kier molecular flexibility index (Phi) is 4.31. The van der Waals surface area contributed by atoms with Gasteiger partial charge in [-0.3, -0.25) is 0 Å². The van der Waals surface area contributed by atoms with Gasteiger partial charge in [0.15, 0.2) is 11.6 Å². The van der Waals surface area contributed by atoms with E-state index in [0.717, 1.165) is 50.6 Å². The topological polar surface area (TPSA) is 21.3 Å². The first-order chi connectivity index (χ1) is 8.25. The van der Waals surface area contributed by atoms with E-state index in [9.17, 15) is 8.78 Å². The highest BCUT2D eigenvalue weighted by molar-refractivity contribution is 5.24. The van der Waals surface area contributed by atoms with Crippen LogP contribution in [0.2, 0.25) is 0 Å². The van der Waals surface area contributed by atoms with Crippen LogP contribution in [0.15, 0.2) is 18.2 Å². The van der Waals surface area contributed by atoms with E-state index in [1.807, 2.05) is 0 Å². The van der Waals surface area contributed by atoms with Crippen molar-refractivity contribution in [1.29, 1.82) is 0 Å². The second kappa shape index (κ2) is 5.96. The van der Waals surface area contributed by atoms with Gasteiger partial charge in [-0.2, -0.15) is 0 Å². The lowest BCUT2D eigenvalue weighted by Crippen LogP contribution is -2.28. The van der Waals surface area contributed by atoms with Crippen molar-refractivity contribution < 1.29 is 13.5 Å². The lowest BCUT2D eigenvalue weighted by molar-refractivity contribution is 0.243. The number of piperidine rings is 1. The Morgan fingerprint density at radius 2 is 2.00 bits per heavy atom. The summed E-state index contributed by atoms with van der Waals surface area (Å²) in [5.41, 5.74) is 0. The maximum absolute atomic E-state index is 13.2. The summed E-state index contributed by atoms with van der Waals surface area (Å²) in [5, 5.41) is 3.29. The minimum absolute atomic E-state index is 0.0129. The molecule has 0 aromatic heterocycles. The monoisotopic (exact) mass is 241 g/mol. The van der Waals surface area contributed by atoms with Crippen LogP contribution in [0.3, 0.4) is 0 Å². The Hall–Kier alpha value is -1.16. The second-order valence-electron chi connectivity index (χ2n) is 4.41. The zero-order valence-corrected chi connectivity index (χ0v) is 9.72. The fourth-order valence-corrected chi connectivity index (χ4v) is 2.09. The number of hydrogen-bond acceptors (Lipinski definition) is 2. The molecule has 0 aliphatic carbocycles. The average molecular weight is 241 g/mol. The van der Waals surface area contributed by atoms with Gasteiger partial charge in [0.1, 0.15) is 5.82 Å². The van der Waals surface area contributed by atoms with Crippen LogP contribution in [0.4, 0.5) is 8.78 Å². The molecule has 1 aliphatic heterocycles. The summed E-state index contributed by atoms with van der Waals surface area (Å²) in [6.07, 6.45) is 3.17. The van der Waals surface area contributed by atoms with E-state index in [1.165, 1.54) is 0 Å². The highest BCUT2D eigenvalue weighted by Gasteiger charge is 2.13. The van der Waals surface area contributed by atoms with Crippen LogP contribution in [0.1, 0.15) is 19.3 Å². The quantitative estimate of drug-likeness (QED) is 0.875. The first-order valence-corrected chi connectivity index (χ1v) is 6.04. The molecule has 0 unspecified atom stereocenters. The van der Waals surface area contributed by atoms with Crippen molar-refractivity contribution in [2.45, 2.75) is 19.3 Å². The standard InChI is InChI=1S/C13H17F2NO/c14-11-1-2-12(15)13(9-11)17-8-5-10-3-6-16-7-4-10/h1-2,9-10,16H,3-8H2. The van der Waals surface area contributed by atoms with Crippen LogP contribution in [0.25, 0.3) is 0 Å². The Morgan fingerprint density at radius 1 is 1.24 bits per heavy atom.